The third-order valence-corrected chi connectivity index (χ3v) is 3.92. The summed E-state index contributed by atoms with van der Waals surface area (Å²) in [7, 11) is 0. The van der Waals surface area contributed by atoms with Crippen LogP contribution in [0.2, 0.25) is 0 Å². The van der Waals surface area contributed by atoms with Crippen molar-refractivity contribution in [2.45, 2.75) is 38.1 Å². The maximum absolute atomic E-state index is 5.83. The average molecular weight is 225 g/mol. The number of aromatic nitrogens is 1. The summed E-state index contributed by atoms with van der Waals surface area (Å²) < 4.78 is 0. The Bertz CT molecular complexity index is 267. The molecule has 1 aromatic rings. The zero-order valence-corrected chi connectivity index (χ0v) is 9.80. The molecule has 0 spiro atoms. The fourth-order valence-corrected chi connectivity index (χ4v) is 2.95. The van der Waals surface area contributed by atoms with Gasteiger partial charge in [-0.05, 0) is 18.8 Å². The standard InChI is InChI=1S/C11H19N3S/c12-8-10(9-4-2-1-3-5-9)14-11-13-6-7-15-11/h6-7,9-10H,1-5,8,12H2,(H,13,14). The van der Waals surface area contributed by atoms with Gasteiger partial charge in [-0.2, -0.15) is 0 Å². The Labute approximate surface area is 95.1 Å². The van der Waals surface area contributed by atoms with E-state index >= 15 is 0 Å². The molecule has 1 atom stereocenters. The molecule has 3 N–H and O–H groups in total. The molecule has 1 aliphatic carbocycles. The van der Waals surface area contributed by atoms with Crippen LogP contribution in [0.4, 0.5) is 5.13 Å². The van der Waals surface area contributed by atoms with E-state index in [9.17, 15) is 0 Å². The Morgan fingerprint density at radius 3 is 2.87 bits per heavy atom. The number of nitrogens with zero attached hydrogens (tertiary/aromatic N) is 1. The van der Waals surface area contributed by atoms with Crippen molar-refractivity contribution >= 4 is 16.5 Å². The van der Waals surface area contributed by atoms with Crippen molar-refractivity contribution in [3.8, 4) is 0 Å². The van der Waals surface area contributed by atoms with Gasteiger partial charge in [-0.1, -0.05) is 19.3 Å². The molecular weight excluding hydrogens is 206 g/mol. The zero-order valence-electron chi connectivity index (χ0n) is 8.98. The number of anilines is 1. The van der Waals surface area contributed by atoms with Crippen LogP contribution in [-0.4, -0.2) is 17.6 Å². The molecule has 1 heterocycles. The van der Waals surface area contributed by atoms with Gasteiger partial charge in [-0.15, -0.1) is 11.3 Å². The molecule has 3 nitrogen and oxygen atoms in total. The molecule has 2 rings (SSSR count). The molecule has 1 unspecified atom stereocenters. The minimum absolute atomic E-state index is 0.413. The lowest BCUT2D eigenvalue weighted by atomic mass is 9.84. The van der Waals surface area contributed by atoms with Crippen molar-refractivity contribution in [3.63, 3.8) is 0 Å². The Morgan fingerprint density at radius 2 is 2.27 bits per heavy atom. The number of nitrogens with one attached hydrogen (secondary N) is 1. The van der Waals surface area contributed by atoms with Crippen molar-refractivity contribution in [1.29, 1.82) is 0 Å². The SMILES string of the molecule is NCC(Nc1nccs1)C1CCCCC1. The van der Waals surface area contributed by atoms with Crippen LogP contribution in [0.5, 0.6) is 0 Å². The number of hydrogen-bond acceptors (Lipinski definition) is 4. The lowest BCUT2D eigenvalue weighted by Crippen LogP contribution is -2.37. The first-order valence-electron chi connectivity index (χ1n) is 5.76. The monoisotopic (exact) mass is 225 g/mol. The molecule has 0 saturated heterocycles. The maximum Gasteiger partial charge on any atom is 0.182 e. The van der Waals surface area contributed by atoms with Crippen LogP contribution in [-0.2, 0) is 0 Å². The van der Waals surface area contributed by atoms with Crippen molar-refractivity contribution in [3.05, 3.63) is 11.6 Å². The normalized spacial score (nSPS) is 20.1. The Kier molecular flexibility index (Phi) is 3.97. The molecule has 84 valence electrons. The van der Waals surface area contributed by atoms with Gasteiger partial charge in [0, 0.05) is 24.2 Å². The molecule has 1 saturated carbocycles. The second-order valence-electron chi connectivity index (χ2n) is 4.22. The second-order valence-corrected chi connectivity index (χ2v) is 5.12. The molecule has 1 aromatic heterocycles. The smallest absolute Gasteiger partial charge is 0.182 e. The summed E-state index contributed by atoms with van der Waals surface area (Å²) in [4.78, 5) is 4.25. The first kappa shape index (κ1) is 10.9. The summed E-state index contributed by atoms with van der Waals surface area (Å²) in [5.74, 6) is 0.743. The van der Waals surface area contributed by atoms with Gasteiger partial charge >= 0.3 is 0 Å². The Balaban J connectivity index is 1.91. The van der Waals surface area contributed by atoms with E-state index in [1.54, 1.807) is 11.3 Å². The fraction of sp³-hybridized carbons (Fsp3) is 0.727. The van der Waals surface area contributed by atoms with Gasteiger partial charge in [0.05, 0.1) is 0 Å². The quantitative estimate of drug-likeness (QED) is 0.827. The van der Waals surface area contributed by atoms with Gasteiger partial charge in [-0.25, -0.2) is 4.98 Å². The highest BCUT2D eigenvalue weighted by atomic mass is 32.1. The first-order valence-corrected chi connectivity index (χ1v) is 6.64. The van der Waals surface area contributed by atoms with Gasteiger partial charge in [-0.3, -0.25) is 0 Å². The van der Waals surface area contributed by atoms with Gasteiger partial charge in [0.15, 0.2) is 5.13 Å². The van der Waals surface area contributed by atoms with E-state index in [2.05, 4.69) is 10.3 Å². The van der Waals surface area contributed by atoms with E-state index in [1.807, 2.05) is 11.6 Å². The van der Waals surface area contributed by atoms with Gasteiger partial charge in [0.25, 0.3) is 0 Å². The molecule has 4 heteroatoms. The number of thiazole rings is 1. The topological polar surface area (TPSA) is 50.9 Å². The van der Waals surface area contributed by atoms with Crippen LogP contribution < -0.4 is 11.1 Å². The minimum Gasteiger partial charge on any atom is -0.357 e. The van der Waals surface area contributed by atoms with Crippen LogP contribution in [0.25, 0.3) is 0 Å². The molecule has 0 bridgehead atoms. The average Bonchev–Trinajstić information content (AvgIpc) is 2.80. The largest absolute Gasteiger partial charge is 0.357 e. The summed E-state index contributed by atoms with van der Waals surface area (Å²) in [6, 6.07) is 0.413. The Hall–Kier alpha value is -0.610. The number of hydrogen-bond donors (Lipinski definition) is 2. The van der Waals surface area contributed by atoms with Crippen molar-refractivity contribution in [2.24, 2.45) is 11.7 Å². The van der Waals surface area contributed by atoms with Crippen LogP contribution in [0, 0.1) is 5.92 Å². The number of rotatable bonds is 4. The highest BCUT2D eigenvalue weighted by molar-refractivity contribution is 7.13. The summed E-state index contributed by atoms with van der Waals surface area (Å²) in [6.07, 6.45) is 8.59. The van der Waals surface area contributed by atoms with Crippen LogP contribution in [0.3, 0.4) is 0 Å². The molecule has 15 heavy (non-hydrogen) atoms. The maximum atomic E-state index is 5.83. The highest BCUT2D eigenvalue weighted by Crippen LogP contribution is 2.28. The molecule has 1 aliphatic rings. The fourth-order valence-electron chi connectivity index (χ4n) is 2.36. The summed E-state index contributed by atoms with van der Waals surface area (Å²) in [6.45, 7) is 0.713. The lowest BCUT2D eigenvalue weighted by Gasteiger charge is -2.29. The molecule has 0 radical (unpaired) electrons. The third-order valence-electron chi connectivity index (χ3n) is 3.21. The van der Waals surface area contributed by atoms with Crippen LogP contribution in [0.15, 0.2) is 11.6 Å². The van der Waals surface area contributed by atoms with E-state index < -0.39 is 0 Å². The van der Waals surface area contributed by atoms with Crippen molar-refractivity contribution in [1.82, 2.24) is 4.98 Å². The van der Waals surface area contributed by atoms with Crippen LogP contribution >= 0.6 is 11.3 Å². The van der Waals surface area contributed by atoms with Crippen molar-refractivity contribution in [2.75, 3.05) is 11.9 Å². The van der Waals surface area contributed by atoms with Gasteiger partial charge < -0.3 is 11.1 Å². The van der Waals surface area contributed by atoms with Crippen LogP contribution in [0.1, 0.15) is 32.1 Å². The summed E-state index contributed by atoms with van der Waals surface area (Å²) in [5.41, 5.74) is 5.83. The minimum atomic E-state index is 0.413. The predicted molar refractivity (Wildman–Crippen MR) is 65.2 cm³/mol. The third kappa shape index (κ3) is 2.92. The van der Waals surface area contributed by atoms with E-state index in [1.165, 1.54) is 32.1 Å². The Morgan fingerprint density at radius 1 is 1.47 bits per heavy atom. The van der Waals surface area contributed by atoms with E-state index in [4.69, 9.17) is 5.73 Å². The first-order chi connectivity index (χ1) is 7.40. The van der Waals surface area contributed by atoms with Gasteiger partial charge in [0.1, 0.15) is 0 Å². The summed E-state index contributed by atoms with van der Waals surface area (Å²) >= 11 is 1.65. The molecule has 1 fully saturated rings. The second kappa shape index (κ2) is 5.47. The zero-order chi connectivity index (χ0) is 10.5. The number of nitrogens with two attached hydrogens (primary N) is 1. The molecular formula is C11H19N3S. The van der Waals surface area contributed by atoms with E-state index in [-0.39, 0.29) is 0 Å². The lowest BCUT2D eigenvalue weighted by molar-refractivity contribution is 0.320. The highest BCUT2D eigenvalue weighted by Gasteiger charge is 2.22. The van der Waals surface area contributed by atoms with E-state index in [0.717, 1.165) is 11.0 Å². The summed E-state index contributed by atoms with van der Waals surface area (Å²) in [5, 5.41) is 6.47. The molecule has 0 aliphatic heterocycles. The predicted octanol–water partition coefficient (Wildman–Crippen LogP) is 2.46. The van der Waals surface area contributed by atoms with E-state index in [0.29, 0.717) is 12.6 Å². The van der Waals surface area contributed by atoms with Gasteiger partial charge in [0.2, 0.25) is 0 Å². The van der Waals surface area contributed by atoms with Crippen molar-refractivity contribution < 1.29 is 0 Å². The molecule has 0 aromatic carbocycles. The molecule has 0 amide bonds.